The van der Waals surface area contributed by atoms with Crippen molar-refractivity contribution in [1.29, 1.82) is 0 Å². The lowest BCUT2D eigenvalue weighted by Gasteiger charge is -2.27. The minimum Gasteiger partial charge on any atom is -0.444 e. The second-order valence-corrected chi connectivity index (χ2v) is 7.42. The average Bonchev–Trinajstić information content (AvgIpc) is 2.98. The predicted molar refractivity (Wildman–Crippen MR) is 74.1 cm³/mol. The maximum Gasteiger partial charge on any atom is 0.410 e. The van der Waals surface area contributed by atoms with Gasteiger partial charge in [0.05, 0.1) is 6.61 Å². The normalized spacial score (nSPS) is 27.7. The van der Waals surface area contributed by atoms with E-state index in [1.54, 1.807) is 0 Å². The third-order valence-electron chi connectivity index (χ3n) is 3.71. The summed E-state index contributed by atoms with van der Waals surface area (Å²) in [7, 11) is 0. The van der Waals surface area contributed by atoms with E-state index in [1.807, 2.05) is 25.7 Å². The van der Waals surface area contributed by atoms with E-state index < -0.39 is 5.60 Å². The van der Waals surface area contributed by atoms with Gasteiger partial charge in [-0.05, 0) is 46.0 Å². The number of hydrogen-bond donors (Lipinski definition) is 0. The van der Waals surface area contributed by atoms with Crippen LogP contribution in [0.3, 0.4) is 0 Å². The van der Waals surface area contributed by atoms with Gasteiger partial charge in [-0.2, -0.15) is 0 Å². The molecule has 19 heavy (non-hydrogen) atoms. The van der Waals surface area contributed by atoms with Crippen LogP contribution < -0.4 is 0 Å². The molecule has 4 heteroatoms. The predicted octanol–water partition coefficient (Wildman–Crippen LogP) is 3.06. The quantitative estimate of drug-likeness (QED) is 0.787. The standard InChI is InChI=1S/C15H27NO3/c1-14(2,3)19-13(17)16-8-7-15(4,10-16)11-18-9-12-5-6-12/h12H,5-11H2,1-4H3/t15-/m1/s1. The zero-order valence-electron chi connectivity index (χ0n) is 12.7. The van der Waals surface area contributed by atoms with Gasteiger partial charge in [-0.15, -0.1) is 0 Å². The van der Waals surface area contributed by atoms with Gasteiger partial charge in [0.15, 0.2) is 0 Å². The van der Waals surface area contributed by atoms with Crippen LogP contribution in [0.25, 0.3) is 0 Å². The highest BCUT2D eigenvalue weighted by Gasteiger charge is 2.38. The van der Waals surface area contributed by atoms with Crippen molar-refractivity contribution in [2.45, 2.75) is 52.6 Å². The maximum atomic E-state index is 12.0. The van der Waals surface area contributed by atoms with E-state index in [2.05, 4.69) is 6.92 Å². The van der Waals surface area contributed by atoms with Gasteiger partial charge in [0.25, 0.3) is 0 Å². The van der Waals surface area contributed by atoms with Crippen LogP contribution in [0.2, 0.25) is 0 Å². The molecule has 2 rings (SSSR count). The molecule has 1 amide bonds. The third kappa shape index (κ3) is 4.68. The Bertz CT molecular complexity index is 333. The van der Waals surface area contributed by atoms with E-state index in [-0.39, 0.29) is 11.5 Å². The smallest absolute Gasteiger partial charge is 0.410 e. The van der Waals surface area contributed by atoms with Crippen molar-refractivity contribution in [3.8, 4) is 0 Å². The van der Waals surface area contributed by atoms with Crippen LogP contribution in [0.15, 0.2) is 0 Å². The molecule has 1 saturated carbocycles. The molecule has 4 nitrogen and oxygen atoms in total. The highest BCUT2D eigenvalue weighted by atomic mass is 16.6. The fourth-order valence-electron chi connectivity index (χ4n) is 2.38. The lowest BCUT2D eigenvalue weighted by Crippen LogP contribution is -2.37. The first kappa shape index (κ1) is 14.6. The summed E-state index contributed by atoms with van der Waals surface area (Å²) < 4.78 is 11.2. The Morgan fingerprint density at radius 2 is 2.05 bits per heavy atom. The largest absolute Gasteiger partial charge is 0.444 e. The van der Waals surface area contributed by atoms with Gasteiger partial charge in [-0.25, -0.2) is 4.79 Å². The van der Waals surface area contributed by atoms with Crippen LogP contribution in [-0.2, 0) is 9.47 Å². The summed E-state index contributed by atoms with van der Waals surface area (Å²) in [4.78, 5) is 13.8. The van der Waals surface area contributed by atoms with Crippen LogP contribution in [0.4, 0.5) is 4.79 Å². The highest BCUT2D eigenvalue weighted by molar-refractivity contribution is 5.68. The van der Waals surface area contributed by atoms with Crippen molar-refractivity contribution in [3.05, 3.63) is 0 Å². The average molecular weight is 269 g/mol. The molecule has 1 aliphatic heterocycles. The SMILES string of the molecule is CC(C)(C)OC(=O)N1CC[C@@](C)(COCC2CC2)C1. The molecule has 0 radical (unpaired) electrons. The van der Waals surface area contributed by atoms with Crippen molar-refractivity contribution in [2.75, 3.05) is 26.3 Å². The van der Waals surface area contributed by atoms with E-state index in [4.69, 9.17) is 9.47 Å². The number of rotatable bonds is 4. The number of amides is 1. The molecule has 1 heterocycles. The molecule has 0 aromatic rings. The molecular weight excluding hydrogens is 242 g/mol. The van der Waals surface area contributed by atoms with Crippen molar-refractivity contribution in [2.24, 2.45) is 11.3 Å². The zero-order valence-corrected chi connectivity index (χ0v) is 12.7. The fraction of sp³-hybridized carbons (Fsp3) is 0.933. The molecule has 0 bridgehead atoms. The second kappa shape index (κ2) is 5.31. The molecule has 0 aromatic heterocycles. The number of carbonyl (C=O) groups is 1. The summed E-state index contributed by atoms with van der Waals surface area (Å²) in [5, 5.41) is 0. The minimum atomic E-state index is -0.418. The van der Waals surface area contributed by atoms with Crippen molar-refractivity contribution in [3.63, 3.8) is 0 Å². The summed E-state index contributed by atoms with van der Waals surface area (Å²) in [5.41, 5.74) is -0.329. The fourth-order valence-corrected chi connectivity index (χ4v) is 2.38. The summed E-state index contributed by atoms with van der Waals surface area (Å²) in [6.45, 7) is 11.1. The lowest BCUT2D eigenvalue weighted by molar-refractivity contribution is 0.0211. The van der Waals surface area contributed by atoms with Crippen LogP contribution >= 0.6 is 0 Å². The van der Waals surface area contributed by atoms with Gasteiger partial charge in [0.1, 0.15) is 5.60 Å². The minimum absolute atomic E-state index is 0.0891. The van der Waals surface area contributed by atoms with Gasteiger partial charge < -0.3 is 14.4 Å². The van der Waals surface area contributed by atoms with Crippen LogP contribution in [0, 0.1) is 11.3 Å². The van der Waals surface area contributed by atoms with Crippen LogP contribution in [-0.4, -0.2) is 42.9 Å². The first-order valence-corrected chi connectivity index (χ1v) is 7.33. The van der Waals surface area contributed by atoms with E-state index in [0.717, 1.165) is 38.6 Å². The Balaban J connectivity index is 1.75. The molecule has 0 aromatic carbocycles. The monoisotopic (exact) mass is 269 g/mol. The number of ether oxygens (including phenoxy) is 2. The Morgan fingerprint density at radius 1 is 1.37 bits per heavy atom. The van der Waals surface area contributed by atoms with E-state index in [0.29, 0.717) is 0 Å². The molecule has 0 unspecified atom stereocenters. The van der Waals surface area contributed by atoms with Gasteiger partial charge in [-0.3, -0.25) is 0 Å². The number of likely N-dealkylation sites (tertiary alicyclic amines) is 1. The van der Waals surface area contributed by atoms with Crippen molar-refractivity contribution >= 4 is 6.09 Å². The first-order chi connectivity index (χ1) is 8.77. The summed E-state index contributed by atoms with van der Waals surface area (Å²) >= 11 is 0. The topological polar surface area (TPSA) is 38.8 Å². The Kier molecular flexibility index (Phi) is 4.09. The lowest BCUT2D eigenvalue weighted by atomic mass is 9.91. The summed E-state index contributed by atoms with van der Waals surface area (Å²) in [6, 6.07) is 0. The number of carbonyl (C=O) groups excluding carboxylic acids is 1. The molecule has 2 aliphatic rings. The van der Waals surface area contributed by atoms with E-state index >= 15 is 0 Å². The molecule has 1 atom stereocenters. The number of hydrogen-bond acceptors (Lipinski definition) is 3. The summed E-state index contributed by atoms with van der Waals surface area (Å²) in [5.74, 6) is 0.798. The van der Waals surface area contributed by atoms with Crippen LogP contribution in [0.1, 0.15) is 47.0 Å². The molecule has 1 aliphatic carbocycles. The Morgan fingerprint density at radius 3 is 2.63 bits per heavy atom. The van der Waals surface area contributed by atoms with Gasteiger partial charge in [0, 0.05) is 25.1 Å². The number of nitrogens with zero attached hydrogens (tertiary/aromatic N) is 1. The van der Waals surface area contributed by atoms with Crippen LogP contribution in [0.5, 0.6) is 0 Å². The first-order valence-electron chi connectivity index (χ1n) is 7.33. The Hall–Kier alpha value is -0.770. The zero-order chi connectivity index (χ0) is 14.1. The van der Waals surface area contributed by atoms with Gasteiger partial charge in [0.2, 0.25) is 0 Å². The Labute approximate surface area is 116 Å². The third-order valence-corrected chi connectivity index (χ3v) is 3.71. The molecule has 0 spiro atoms. The second-order valence-electron chi connectivity index (χ2n) is 7.42. The maximum absolute atomic E-state index is 12.0. The molecular formula is C15H27NO3. The summed E-state index contributed by atoms with van der Waals surface area (Å²) in [6.07, 6.45) is 3.44. The van der Waals surface area contributed by atoms with Crippen molar-refractivity contribution in [1.82, 2.24) is 4.90 Å². The molecule has 0 N–H and O–H groups in total. The highest BCUT2D eigenvalue weighted by Crippen LogP contribution is 2.33. The van der Waals surface area contributed by atoms with E-state index in [9.17, 15) is 4.79 Å². The van der Waals surface area contributed by atoms with E-state index in [1.165, 1.54) is 12.8 Å². The molecule has 1 saturated heterocycles. The van der Waals surface area contributed by atoms with Crippen molar-refractivity contribution < 1.29 is 14.3 Å². The molecule has 110 valence electrons. The van der Waals surface area contributed by atoms with Gasteiger partial charge >= 0.3 is 6.09 Å². The molecule has 2 fully saturated rings. The van der Waals surface area contributed by atoms with Gasteiger partial charge in [-0.1, -0.05) is 6.92 Å².